The molecule has 1 fully saturated rings. The molecule has 41 heavy (non-hydrogen) atoms. The SMILES string of the molecule is CCOC(=O)C1(c2ccc(-c3ccc(-c4onc(C)c4Cc4cccc(-c5cccc(C#N)c5)n4)cc3)cc2)CC1. The zero-order valence-electron chi connectivity index (χ0n) is 23.1. The molecule has 6 rings (SSSR count). The number of carbonyl (C=O) groups is 1. The largest absolute Gasteiger partial charge is 0.465 e. The zero-order chi connectivity index (χ0) is 28.4. The van der Waals surface area contributed by atoms with Gasteiger partial charge in [-0.3, -0.25) is 9.78 Å². The van der Waals surface area contributed by atoms with Crippen LogP contribution in [0.3, 0.4) is 0 Å². The summed E-state index contributed by atoms with van der Waals surface area (Å²) in [5.41, 5.74) is 8.70. The van der Waals surface area contributed by atoms with Gasteiger partial charge < -0.3 is 9.26 Å². The normalized spacial score (nSPS) is 13.4. The van der Waals surface area contributed by atoms with Crippen LogP contribution in [-0.4, -0.2) is 22.7 Å². The van der Waals surface area contributed by atoms with Crippen LogP contribution < -0.4 is 0 Å². The van der Waals surface area contributed by atoms with Crippen LogP contribution in [0.5, 0.6) is 0 Å². The number of esters is 1. The highest BCUT2D eigenvalue weighted by Crippen LogP contribution is 2.49. The lowest BCUT2D eigenvalue weighted by Crippen LogP contribution is -2.23. The Morgan fingerprint density at radius 3 is 2.29 bits per heavy atom. The minimum Gasteiger partial charge on any atom is -0.465 e. The van der Waals surface area contributed by atoms with E-state index in [1.165, 1.54) is 0 Å². The molecule has 0 spiro atoms. The van der Waals surface area contributed by atoms with Crippen molar-refractivity contribution in [3.05, 3.63) is 119 Å². The second-order valence-electron chi connectivity index (χ2n) is 10.4. The summed E-state index contributed by atoms with van der Waals surface area (Å²) < 4.78 is 11.1. The van der Waals surface area contributed by atoms with Crippen LogP contribution in [0, 0.1) is 18.3 Å². The van der Waals surface area contributed by atoms with Crippen molar-refractivity contribution in [3.8, 4) is 39.8 Å². The van der Waals surface area contributed by atoms with Crippen molar-refractivity contribution in [1.82, 2.24) is 10.1 Å². The molecule has 1 aliphatic rings. The van der Waals surface area contributed by atoms with Gasteiger partial charge in [0.25, 0.3) is 0 Å². The molecule has 0 atom stereocenters. The van der Waals surface area contributed by atoms with Crippen LogP contribution in [0.4, 0.5) is 0 Å². The zero-order valence-corrected chi connectivity index (χ0v) is 23.1. The Bertz CT molecular complexity index is 1760. The molecular weight excluding hydrogens is 510 g/mol. The molecule has 1 saturated carbocycles. The molecule has 0 N–H and O–H groups in total. The predicted molar refractivity (Wildman–Crippen MR) is 157 cm³/mol. The van der Waals surface area contributed by atoms with Crippen molar-refractivity contribution in [2.45, 2.75) is 38.5 Å². The van der Waals surface area contributed by atoms with E-state index in [1.54, 1.807) is 6.07 Å². The van der Waals surface area contributed by atoms with E-state index in [2.05, 4.69) is 35.5 Å². The molecule has 2 aromatic heterocycles. The Hall–Kier alpha value is -5.02. The number of benzene rings is 3. The highest BCUT2D eigenvalue weighted by molar-refractivity contribution is 5.87. The summed E-state index contributed by atoms with van der Waals surface area (Å²) in [4.78, 5) is 17.3. The van der Waals surface area contributed by atoms with Gasteiger partial charge in [0.2, 0.25) is 0 Å². The van der Waals surface area contributed by atoms with Crippen molar-refractivity contribution in [2.75, 3.05) is 6.61 Å². The fourth-order valence-electron chi connectivity index (χ4n) is 5.29. The summed E-state index contributed by atoms with van der Waals surface area (Å²) in [7, 11) is 0. The number of rotatable bonds is 8. The summed E-state index contributed by atoms with van der Waals surface area (Å²) >= 11 is 0. The average molecular weight is 540 g/mol. The van der Waals surface area contributed by atoms with Gasteiger partial charge in [-0.15, -0.1) is 0 Å². The van der Waals surface area contributed by atoms with Crippen molar-refractivity contribution in [1.29, 1.82) is 5.26 Å². The third kappa shape index (κ3) is 5.15. The third-order valence-corrected chi connectivity index (χ3v) is 7.77. The van der Waals surface area contributed by atoms with Gasteiger partial charge in [-0.05, 0) is 67.6 Å². The van der Waals surface area contributed by atoms with Gasteiger partial charge in [0.15, 0.2) is 5.76 Å². The minimum absolute atomic E-state index is 0.120. The molecule has 0 radical (unpaired) electrons. The lowest BCUT2D eigenvalue weighted by Gasteiger charge is -2.14. The summed E-state index contributed by atoms with van der Waals surface area (Å²) in [5.74, 6) is 0.610. The fraction of sp³-hybridized carbons (Fsp3) is 0.200. The smallest absolute Gasteiger partial charge is 0.316 e. The number of nitrogens with zero attached hydrogens (tertiary/aromatic N) is 3. The van der Waals surface area contributed by atoms with Gasteiger partial charge in [0, 0.05) is 28.8 Å². The molecule has 5 aromatic rings. The number of aryl methyl sites for hydroxylation is 1. The lowest BCUT2D eigenvalue weighted by molar-refractivity contribution is -0.146. The van der Waals surface area contributed by atoms with Crippen LogP contribution in [0.15, 0.2) is 95.5 Å². The van der Waals surface area contributed by atoms with Gasteiger partial charge in [-0.1, -0.05) is 71.9 Å². The first kappa shape index (κ1) is 26.2. The van der Waals surface area contributed by atoms with Crippen LogP contribution in [0.25, 0.3) is 33.7 Å². The first-order valence-electron chi connectivity index (χ1n) is 13.8. The number of pyridine rings is 1. The molecule has 202 valence electrons. The second kappa shape index (κ2) is 10.9. The van der Waals surface area contributed by atoms with E-state index in [1.807, 2.05) is 74.5 Å². The third-order valence-electron chi connectivity index (χ3n) is 7.77. The van der Waals surface area contributed by atoms with Crippen LogP contribution >= 0.6 is 0 Å². The standard InChI is InChI=1S/C35H29N3O3/c1-3-40-34(39)35(18-19-35)29-16-14-26(15-17-29)25-10-12-27(13-11-25)33-31(23(2)38-41-33)21-30-8-5-9-32(37-30)28-7-4-6-24(20-28)22-36/h4-17,20H,3,18-19,21H2,1-2H3. The Morgan fingerprint density at radius 1 is 0.927 bits per heavy atom. The minimum atomic E-state index is -0.464. The number of carbonyl (C=O) groups excluding carboxylic acids is 1. The molecule has 0 amide bonds. The van der Waals surface area contributed by atoms with Gasteiger partial charge in [0.1, 0.15) is 0 Å². The summed E-state index contributed by atoms with van der Waals surface area (Å²) in [6.45, 7) is 4.19. The molecule has 2 heterocycles. The number of hydrogen-bond donors (Lipinski definition) is 0. The molecule has 1 aliphatic carbocycles. The van der Waals surface area contributed by atoms with Gasteiger partial charge >= 0.3 is 5.97 Å². The first-order chi connectivity index (χ1) is 20.0. The van der Waals surface area contributed by atoms with E-state index in [0.717, 1.165) is 69.1 Å². The van der Waals surface area contributed by atoms with Crippen molar-refractivity contribution in [2.24, 2.45) is 0 Å². The van der Waals surface area contributed by atoms with Crippen LogP contribution in [0.1, 0.15) is 47.8 Å². The quantitative estimate of drug-likeness (QED) is 0.190. The molecular formula is C35H29N3O3. The van der Waals surface area contributed by atoms with Crippen LogP contribution in [0.2, 0.25) is 0 Å². The number of ether oxygens (including phenoxy) is 1. The first-order valence-corrected chi connectivity index (χ1v) is 13.8. The van der Waals surface area contributed by atoms with E-state index in [-0.39, 0.29) is 5.97 Å². The summed E-state index contributed by atoms with van der Waals surface area (Å²) in [6, 6.07) is 32.1. The van der Waals surface area contributed by atoms with Gasteiger partial charge in [0.05, 0.1) is 35.0 Å². The second-order valence-corrected chi connectivity index (χ2v) is 10.4. The maximum atomic E-state index is 12.5. The van der Waals surface area contributed by atoms with E-state index in [4.69, 9.17) is 14.2 Å². The highest BCUT2D eigenvalue weighted by atomic mass is 16.5. The molecule has 3 aromatic carbocycles. The molecule has 0 saturated heterocycles. The maximum absolute atomic E-state index is 12.5. The van der Waals surface area contributed by atoms with Gasteiger partial charge in [-0.2, -0.15) is 5.26 Å². The Morgan fingerprint density at radius 2 is 1.61 bits per heavy atom. The fourth-order valence-corrected chi connectivity index (χ4v) is 5.29. The molecule has 0 unspecified atom stereocenters. The maximum Gasteiger partial charge on any atom is 0.316 e. The van der Waals surface area contributed by atoms with Crippen LogP contribution in [-0.2, 0) is 21.4 Å². The predicted octanol–water partition coefficient (Wildman–Crippen LogP) is 7.44. The van der Waals surface area contributed by atoms with E-state index in [0.29, 0.717) is 18.6 Å². The number of aromatic nitrogens is 2. The molecule has 6 nitrogen and oxygen atoms in total. The molecule has 6 heteroatoms. The van der Waals surface area contributed by atoms with E-state index in [9.17, 15) is 10.1 Å². The number of hydrogen-bond acceptors (Lipinski definition) is 6. The Kier molecular flexibility index (Phi) is 6.94. The van der Waals surface area contributed by atoms with Crippen molar-refractivity contribution in [3.63, 3.8) is 0 Å². The Balaban J connectivity index is 1.22. The lowest BCUT2D eigenvalue weighted by atomic mass is 9.93. The molecule has 0 bridgehead atoms. The van der Waals surface area contributed by atoms with Crippen molar-refractivity contribution < 1.29 is 14.1 Å². The molecule has 0 aliphatic heterocycles. The highest BCUT2D eigenvalue weighted by Gasteiger charge is 2.52. The van der Waals surface area contributed by atoms with E-state index < -0.39 is 5.41 Å². The van der Waals surface area contributed by atoms with Gasteiger partial charge in [-0.25, -0.2) is 0 Å². The topological polar surface area (TPSA) is 89.0 Å². The van der Waals surface area contributed by atoms with Crippen molar-refractivity contribution >= 4 is 5.97 Å². The Labute approximate surface area is 239 Å². The number of nitriles is 1. The summed E-state index contributed by atoms with van der Waals surface area (Å²) in [6.07, 6.45) is 2.25. The monoisotopic (exact) mass is 539 g/mol. The summed E-state index contributed by atoms with van der Waals surface area (Å²) in [5, 5.41) is 13.5. The van der Waals surface area contributed by atoms with E-state index >= 15 is 0 Å². The average Bonchev–Trinajstić information content (AvgIpc) is 3.76.